The molecule has 29 heavy (non-hydrogen) atoms. The van der Waals surface area contributed by atoms with Crippen molar-refractivity contribution in [3.8, 4) is 11.5 Å². The van der Waals surface area contributed by atoms with Crippen molar-refractivity contribution in [2.45, 2.75) is 34.6 Å². The fourth-order valence-corrected chi connectivity index (χ4v) is 3.01. The second-order valence-corrected chi connectivity index (χ2v) is 8.00. The first kappa shape index (κ1) is 20.6. The molecule has 3 rings (SSSR count). The highest BCUT2D eigenvalue weighted by Crippen LogP contribution is 2.35. The summed E-state index contributed by atoms with van der Waals surface area (Å²) in [5, 5.41) is 0. The van der Waals surface area contributed by atoms with Gasteiger partial charge >= 0.3 is 5.97 Å². The lowest BCUT2D eigenvalue weighted by molar-refractivity contribution is -0.143. The molecule has 0 radical (unpaired) electrons. The molecule has 2 aromatic carbocycles. The molecule has 0 aromatic heterocycles. The molecule has 0 saturated carbocycles. The van der Waals surface area contributed by atoms with Gasteiger partial charge in [0.15, 0.2) is 5.76 Å². The zero-order valence-electron chi connectivity index (χ0n) is 17.6. The molecular formula is C24H27NO4. The third-order valence-corrected chi connectivity index (χ3v) is 4.78. The van der Waals surface area contributed by atoms with E-state index >= 15 is 0 Å². The zero-order chi connectivity index (χ0) is 21.2. The van der Waals surface area contributed by atoms with Crippen LogP contribution in [0, 0.1) is 5.41 Å². The van der Waals surface area contributed by atoms with Gasteiger partial charge in [0, 0.05) is 24.8 Å². The molecule has 152 valence electrons. The molecule has 1 heterocycles. The summed E-state index contributed by atoms with van der Waals surface area (Å²) < 4.78 is 11.2. The van der Waals surface area contributed by atoms with Crippen LogP contribution in [0.2, 0.25) is 0 Å². The van der Waals surface area contributed by atoms with Crippen molar-refractivity contribution in [2.24, 2.45) is 5.41 Å². The average Bonchev–Trinajstić information content (AvgIpc) is 2.98. The van der Waals surface area contributed by atoms with Gasteiger partial charge in [-0.25, -0.2) is 0 Å². The van der Waals surface area contributed by atoms with Gasteiger partial charge < -0.3 is 14.4 Å². The largest absolute Gasteiger partial charge is 0.452 e. The first-order valence-electron chi connectivity index (χ1n) is 9.88. The van der Waals surface area contributed by atoms with Crippen LogP contribution in [0.3, 0.4) is 0 Å². The third-order valence-electron chi connectivity index (χ3n) is 4.78. The lowest BCUT2D eigenvalue weighted by atomic mass is 9.97. The SMILES string of the molecule is CCN(CC)c1ccc(/C=C2\Oc3cc(OC(=O)C(C)(C)C)ccc3C2=O)cc1. The van der Waals surface area contributed by atoms with Gasteiger partial charge in [0.25, 0.3) is 0 Å². The molecule has 5 nitrogen and oxygen atoms in total. The Kier molecular flexibility index (Phi) is 5.78. The number of rotatable bonds is 5. The predicted molar refractivity (Wildman–Crippen MR) is 114 cm³/mol. The molecule has 2 aromatic rings. The predicted octanol–water partition coefficient (Wildman–Crippen LogP) is 5.10. The fraction of sp³-hybridized carbons (Fsp3) is 0.333. The topological polar surface area (TPSA) is 55.8 Å². The molecule has 0 spiro atoms. The summed E-state index contributed by atoms with van der Waals surface area (Å²) in [4.78, 5) is 27.0. The summed E-state index contributed by atoms with van der Waals surface area (Å²) in [6.07, 6.45) is 1.73. The van der Waals surface area contributed by atoms with Crippen molar-refractivity contribution in [3.63, 3.8) is 0 Å². The summed E-state index contributed by atoms with van der Waals surface area (Å²) in [6, 6.07) is 12.8. The minimum atomic E-state index is -0.613. The van der Waals surface area contributed by atoms with E-state index in [9.17, 15) is 9.59 Å². The summed E-state index contributed by atoms with van der Waals surface area (Å²) in [6.45, 7) is 11.5. The van der Waals surface area contributed by atoms with Crippen LogP contribution in [-0.2, 0) is 4.79 Å². The standard InChI is InChI=1S/C24H27NO4/c1-6-25(7-2)17-10-8-16(9-11-17)14-21-22(26)19-13-12-18(15-20(19)29-21)28-23(27)24(3,4)5/h8-15H,6-7H2,1-5H3/b21-14-. The number of fused-ring (bicyclic) bond motifs is 1. The van der Waals surface area contributed by atoms with E-state index in [-0.39, 0.29) is 17.5 Å². The third kappa shape index (κ3) is 4.50. The van der Waals surface area contributed by atoms with Crippen molar-refractivity contribution in [1.82, 2.24) is 0 Å². The number of nitrogens with zero attached hydrogens (tertiary/aromatic N) is 1. The fourth-order valence-electron chi connectivity index (χ4n) is 3.01. The van der Waals surface area contributed by atoms with Gasteiger partial charge in [0.05, 0.1) is 11.0 Å². The number of hydrogen-bond donors (Lipinski definition) is 0. The lowest BCUT2D eigenvalue weighted by Crippen LogP contribution is -2.25. The molecule has 5 heteroatoms. The van der Waals surface area contributed by atoms with Gasteiger partial charge in [-0.2, -0.15) is 0 Å². The van der Waals surface area contributed by atoms with Crippen LogP contribution in [-0.4, -0.2) is 24.8 Å². The van der Waals surface area contributed by atoms with Crippen LogP contribution in [0.25, 0.3) is 6.08 Å². The Morgan fingerprint density at radius 1 is 1.07 bits per heavy atom. The van der Waals surface area contributed by atoms with E-state index in [1.54, 1.807) is 45.0 Å². The number of benzene rings is 2. The molecule has 0 bridgehead atoms. The minimum Gasteiger partial charge on any atom is -0.452 e. The van der Waals surface area contributed by atoms with E-state index in [1.165, 1.54) is 0 Å². The molecule has 0 saturated heterocycles. The first-order valence-corrected chi connectivity index (χ1v) is 9.88. The summed E-state index contributed by atoms with van der Waals surface area (Å²) in [7, 11) is 0. The normalized spacial score (nSPS) is 14.5. The Balaban J connectivity index is 1.79. The quantitative estimate of drug-likeness (QED) is 0.402. The van der Waals surface area contributed by atoms with Gasteiger partial charge in [0.1, 0.15) is 11.5 Å². The maximum atomic E-state index is 12.7. The molecule has 0 fully saturated rings. The highest BCUT2D eigenvalue weighted by Gasteiger charge is 2.29. The van der Waals surface area contributed by atoms with Crippen molar-refractivity contribution in [3.05, 3.63) is 59.4 Å². The maximum absolute atomic E-state index is 12.7. The monoisotopic (exact) mass is 393 g/mol. The second-order valence-electron chi connectivity index (χ2n) is 8.00. The number of hydrogen-bond acceptors (Lipinski definition) is 5. The molecular weight excluding hydrogens is 366 g/mol. The average molecular weight is 393 g/mol. The van der Waals surface area contributed by atoms with E-state index in [2.05, 4.69) is 18.7 Å². The van der Waals surface area contributed by atoms with E-state index in [0.29, 0.717) is 17.1 Å². The van der Waals surface area contributed by atoms with Crippen LogP contribution < -0.4 is 14.4 Å². The van der Waals surface area contributed by atoms with Gasteiger partial charge in [-0.3, -0.25) is 9.59 Å². The van der Waals surface area contributed by atoms with Crippen molar-refractivity contribution < 1.29 is 19.1 Å². The first-order chi connectivity index (χ1) is 13.7. The summed E-state index contributed by atoms with van der Waals surface area (Å²) in [5.74, 6) is 0.503. The van der Waals surface area contributed by atoms with E-state index in [0.717, 1.165) is 24.3 Å². The van der Waals surface area contributed by atoms with Gasteiger partial charge in [-0.05, 0) is 70.5 Å². The van der Waals surface area contributed by atoms with Crippen molar-refractivity contribution in [2.75, 3.05) is 18.0 Å². The smallest absolute Gasteiger partial charge is 0.316 e. The summed E-state index contributed by atoms with van der Waals surface area (Å²) >= 11 is 0. The van der Waals surface area contributed by atoms with Crippen LogP contribution in [0.5, 0.6) is 11.5 Å². The Hall–Kier alpha value is -3.08. The number of Topliss-reactive ketones (excluding diaryl/α,β-unsaturated/α-hetero) is 1. The number of esters is 1. The number of ketones is 1. The molecule has 0 atom stereocenters. The molecule has 0 amide bonds. The van der Waals surface area contributed by atoms with Crippen LogP contribution in [0.15, 0.2) is 48.2 Å². The Morgan fingerprint density at radius 3 is 2.31 bits per heavy atom. The van der Waals surface area contributed by atoms with Gasteiger partial charge in [0.2, 0.25) is 5.78 Å². The number of ether oxygens (including phenoxy) is 2. The van der Waals surface area contributed by atoms with Gasteiger partial charge in [-0.1, -0.05) is 12.1 Å². The molecule has 0 aliphatic carbocycles. The van der Waals surface area contributed by atoms with E-state index in [1.807, 2.05) is 24.3 Å². The second kappa shape index (κ2) is 8.11. The van der Waals surface area contributed by atoms with Crippen LogP contribution >= 0.6 is 0 Å². The maximum Gasteiger partial charge on any atom is 0.316 e. The molecule has 1 aliphatic rings. The highest BCUT2D eigenvalue weighted by molar-refractivity contribution is 6.14. The molecule has 0 unspecified atom stereocenters. The lowest BCUT2D eigenvalue weighted by Gasteiger charge is -2.20. The van der Waals surface area contributed by atoms with Crippen molar-refractivity contribution in [1.29, 1.82) is 0 Å². The number of carbonyl (C=O) groups excluding carboxylic acids is 2. The number of carbonyl (C=O) groups is 2. The molecule has 1 aliphatic heterocycles. The molecule has 0 N–H and O–H groups in total. The summed E-state index contributed by atoms with van der Waals surface area (Å²) in [5.41, 5.74) is 1.88. The highest BCUT2D eigenvalue weighted by atomic mass is 16.5. The number of allylic oxidation sites excluding steroid dienone is 1. The van der Waals surface area contributed by atoms with Crippen molar-refractivity contribution >= 4 is 23.5 Å². The van der Waals surface area contributed by atoms with Crippen LogP contribution in [0.1, 0.15) is 50.5 Å². The van der Waals surface area contributed by atoms with E-state index in [4.69, 9.17) is 9.47 Å². The number of anilines is 1. The minimum absolute atomic E-state index is 0.179. The zero-order valence-corrected chi connectivity index (χ0v) is 17.6. The van der Waals surface area contributed by atoms with Crippen LogP contribution in [0.4, 0.5) is 5.69 Å². The van der Waals surface area contributed by atoms with E-state index < -0.39 is 5.41 Å². The van der Waals surface area contributed by atoms with Gasteiger partial charge in [-0.15, -0.1) is 0 Å². The Labute approximate surface area is 171 Å². The Morgan fingerprint density at radius 2 is 1.72 bits per heavy atom. The Bertz CT molecular complexity index is 948.